The number of benzene rings is 2. The van der Waals surface area contributed by atoms with Gasteiger partial charge in [0, 0.05) is 24.0 Å². The quantitative estimate of drug-likeness (QED) is 0.320. The smallest absolute Gasteiger partial charge is 0.249 e. The van der Waals surface area contributed by atoms with E-state index in [2.05, 4.69) is 10.6 Å². The number of piperidine rings is 2. The fraction of sp³-hybridized carbons (Fsp3) is 0.500. The van der Waals surface area contributed by atoms with Gasteiger partial charge in [0.2, 0.25) is 11.8 Å². The predicted octanol–water partition coefficient (Wildman–Crippen LogP) is 3.54. The Hall–Kier alpha value is -2.20. The fourth-order valence-electron chi connectivity index (χ4n) is 6.48. The predicted molar refractivity (Wildman–Crippen MR) is 146 cm³/mol. The highest BCUT2D eigenvalue weighted by molar-refractivity contribution is 6.21. The Morgan fingerprint density at radius 3 is 1.39 bits per heavy atom. The highest BCUT2D eigenvalue weighted by Gasteiger charge is 2.52. The minimum atomic E-state index is -0.990. The summed E-state index contributed by atoms with van der Waals surface area (Å²) in [6.07, 6.45) is 2.01. The van der Waals surface area contributed by atoms with Crippen LogP contribution in [0.3, 0.4) is 0 Å². The van der Waals surface area contributed by atoms with Crippen molar-refractivity contribution >= 4 is 35.0 Å². The summed E-state index contributed by atoms with van der Waals surface area (Å²) in [5.41, 5.74) is 1.71. The number of nitrogens with one attached hydrogen (secondary N) is 2. The second-order valence-electron chi connectivity index (χ2n) is 11.0. The molecular formula is C28H34Cl2N4O4. The van der Waals surface area contributed by atoms with Gasteiger partial charge in [-0.05, 0) is 12.8 Å². The number of alkyl halides is 2. The number of hydrogen-bond donors (Lipinski definition) is 2. The number of nitrogens with zero attached hydrogens (tertiary/aromatic N) is 2. The van der Waals surface area contributed by atoms with Crippen molar-refractivity contribution in [2.75, 3.05) is 13.1 Å². The molecule has 2 N–H and O–H groups in total. The standard InChI is InChI=1S/C28H34Cl2N4O4/c29-21-11-13-23(33(37,17-21)15-19-7-3-1-4-8-19)25-27(35)32-26(28(36)31-25)24-14-12-22(30)18-34(24,38)16-20-9-5-2-6-10-20/h1-10,21-26H,11-18H2,(H,31,36)(H,32,35). The Morgan fingerprint density at radius 2 is 1.03 bits per heavy atom. The normalized spacial score (nSPS) is 37.8. The number of rotatable bonds is 6. The Balaban J connectivity index is 1.36. The van der Waals surface area contributed by atoms with E-state index in [1.165, 1.54) is 0 Å². The first-order valence-electron chi connectivity index (χ1n) is 13.3. The number of carbonyl (C=O) groups excluding carboxylic acids is 2. The fourth-order valence-corrected chi connectivity index (χ4v) is 7.20. The lowest BCUT2D eigenvalue weighted by Gasteiger charge is -2.57. The maximum atomic E-state index is 14.2. The number of quaternary nitrogens is 2. The summed E-state index contributed by atoms with van der Waals surface area (Å²) in [6.45, 7) is 0.632. The molecule has 0 saturated carbocycles. The van der Waals surface area contributed by atoms with Crippen LogP contribution in [0.2, 0.25) is 0 Å². The molecular weight excluding hydrogens is 527 g/mol. The largest absolute Gasteiger partial charge is 0.632 e. The molecule has 8 unspecified atom stereocenters. The summed E-state index contributed by atoms with van der Waals surface area (Å²) in [5, 5.41) is 33.4. The van der Waals surface area contributed by atoms with Crippen LogP contribution >= 0.6 is 23.2 Å². The van der Waals surface area contributed by atoms with Crippen LogP contribution in [-0.4, -0.2) is 69.1 Å². The van der Waals surface area contributed by atoms with Crippen LogP contribution in [0, 0.1) is 10.4 Å². The molecule has 3 aliphatic rings. The van der Waals surface area contributed by atoms with Gasteiger partial charge < -0.3 is 30.3 Å². The van der Waals surface area contributed by atoms with Crippen LogP contribution in [0.5, 0.6) is 0 Å². The minimum absolute atomic E-state index is 0.154. The lowest BCUT2D eigenvalue weighted by atomic mass is 9.88. The van der Waals surface area contributed by atoms with Crippen LogP contribution < -0.4 is 10.6 Å². The highest BCUT2D eigenvalue weighted by atomic mass is 35.5. The van der Waals surface area contributed by atoms with Gasteiger partial charge in [0.1, 0.15) is 25.2 Å². The van der Waals surface area contributed by atoms with Crippen LogP contribution in [0.1, 0.15) is 36.8 Å². The summed E-state index contributed by atoms with van der Waals surface area (Å²) in [7, 11) is 0. The first-order chi connectivity index (χ1) is 18.2. The first kappa shape index (κ1) is 27.4. The molecule has 38 heavy (non-hydrogen) atoms. The summed E-state index contributed by atoms with van der Waals surface area (Å²) in [4.78, 5) is 27.0. The third-order valence-corrected chi connectivity index (χ3v) is 9.00. The van der Waals surface area contributed by atoms with Gasteiger partial charge >= 0.3 is 0 Å². The molecule has 2 aromatic carbocycles. The molecule has 0 aliphatic carbocycles. The molecule has 0 radical (unpaired) electrons. The van der Waals surface area contributed by atoms with Crippen molar-refractivity contribution in [2.45, 2.75) is 73.7 Å². The van der Waals surface area contributed by atoms with Crippen LogP contribution in [0.15, 0.2) is 60.7 Å². The molecule has 8 atom stereocenters. The van der Waals surface area contributed by atoms with Crippen LogP contribution in [-0.2, 0) is 22.7 Å². The van der Waals surface area contributed by atoms with Gasteiger partial charge in [0.25, 0.3) is 0 Å². The Morgan fingerprint density at radius 1 is 0.658 bits per heavy atom. The third kappa shape index (κ3) is 5.71. The summed E-state index contributed by atoms with van der Waals surface area (Å²) >= 11 is 12.8. The van der Waals surface area contributed by atoms with Gasteiger partial charge in [0.15, 0.2) is 12.1 Å². The van der Waals surface area contributed by atoms with E-state index in [4.69, 9.17) is 23.2 Å². The van der Waals surface area contributed by atoms with Crippen molar-refractivity contribution in [3.63, 3.8) is 0 Å². The summed E-state index contributed by atoms with van der Waals surface area (Å²) in [5.74, 6) is -0.836. The molecule has 2 aromatic rings. The number of hydrogen-bond acceptors (Lipinski definition) is 4. The first-order valence-corrected chi connectivity index (χ1v) is 14.2. The zero-order valence-corrected chi connectivity index (χ0v) is 22.7. The van der Waals surface area contributed by atoms with Gasteiger partial charge in [-0.15, -0.1) is 23.2 Å². The van der Waals surface area contributed by atoms with E-state index in [1.807, 2.05) is 60.7 Å². The van der Waals surface area contributed by atoms with E-state index in [0.29, 0.717) is 25.7 Å². The number of hydroxylamine groups is 6. The number of likely N-dealkylation sites (tertiary alicyclic amines) is 2. The molecule has 3 heterocycles. The van der Waals surface area contributed by atoms with Crippen molar-refractivity contribution in [3.8, 4) is 0 Å². The number of halogens is 2. The molecule has 8 nitrogen and oxygen atoms in total. The summed E-state index contributed by atoms with van der Waals surface area (Å²) in [6, 6.07) is 15.5. The van der Waals surface area contributed by atoms with Gasteiger partial charge in [0.05, 0.1) is 23.8 Å². The van der Waals surface area contributed by atoms with Gasteiger partial charge in [-0.2, -0.15) is 0 Å². The van der Waals surface area contributed by atoms with Gasteiger partial charge in [-0.3, -0.25) is 9.59 Å². The van der Waals surface area contributed by atoms with Crippen molar-refractivity contribution in [1.29, 1.82) is 0 Å². The monoisotopic (exact) mass is 560 g/mol. The maximum Gasteiger partial charge on any atom is 0.249 e. The lowest BCUT2D eigenvalue weighted by molar-refractivity contribution is -0.924. The zero-order chi connectivity index (χ0) is 26.9. The molecule has 10 heteroatoms. The van der Waals surface area contributed by atoms with E-state index in [9.17, 15) is 20.0 Å². The van der Waals surface area contributed by atoms with Crippen LogP contribution in [0.4, 0.5) is 0 Å². The average molecular weight is 562 g/mol. The number of carbonyl (C=O) groups is 2. The van der Waals surface area contributed by atoms with Crippen LogP contribution in [0.25, 0.3) is 0 Å². The molecule has 0 spiro atoms. The number of amides is 2. The van der Waals surface area contributed by atoms with E-state index in [0.717, 1.165) is 11.1 Å². The Labute approximate surface area is 233 Å². The zero-order valence-electron chi connectivity index (χ0n) is 21.2. The third-order valence-electron chi connectivity index (χ3n) is 8.29. The topological polar surface area (TPSA) is 104 Å². The van der Waals surface area contributed by atoms with Crippen molar-refractivity contribution in [3.05, 3.63) is 82.2 Å². The minimum Gasteiger partial charge on any atom is -0.632 e. The summed E-state index contributed by atoms with van der Waals surface area (Å²) < 4.78 is -1.37. The lowest BCUT2D eigenvalue weighted by Crippen LogP contribution is -2.76. The van der Waals surface area contributed by atoms with Gasteiger partial charge in [-0.1, -0.05) is 60.7 Å². The van der Waals surface area contributed by atoms with Crippen molar-refractivity contribution in [1.82, 2.24) is 10.6 Å². The van der Waals surface area contributed by atoms with E-state index in [1.54, 1.807) is 0 Å². The Bertz CT molecular complexity index is 1050. The molecule has 3 fully saturated rings. The van der Waals surface area contributed by atoms with E-state index < -0.39 is 45.3 Å². The molecule has 5 rings (SSSR count). The number of piperazine rings is 1. The molecule has 204 valence electrons. The van der Waals surface area contributed by atoms with Gasteiger partial charge in [-0.25, -0.2) is 0 Å². The maximum absolute atomic E-state index is 14.2. The highest BCUT2D eigenvalue weighted by Crippen LogP contribution is 2.35. The molecule has 3 aliphatic heterocycles. The SMILES string of the molecule is O=C1NC(C2CCC(Cl)C[N+]2([O-])Cc2ccccc2)C(=O)NC1C1CCC(Cl)C[N+]1([O-])Cc1ccccc1. The molecule has 0 bridgehead atoms. The second kappa shape index (κ2) is 11.1. The van der Waals surface area contributed by atoms with E-state index >= 15 is 0 Å². The molecule has 2 amide bonds. The molecule has 3 saturated heterocycles. The molecule has 0 aromatic heterocycles. The van der Waals surface area contributed by atoms with Crippen molar-refractivity contribution < 1.29 is 18.9 Å². The van der Waals surface area contributed by atoms with Crippen molar-refractivity contribution in [2.24, 2.45) is 0 Å². The average Bonchev–Trinajstić information content (AvgIpc) is 2.86. The second-order valence-corrected chi connectivity index (χ2v) is 12.2. The van der Waals surface area contributed by atoms with E-state index in [-0.39, 0.29) is 36.9 Å². The Kier molecular flexibility index (Phi) is 8.01.